The summed E-state index contributed by atoms with van der Waals surface area (Å²) in [5, 5.41) is 13.7. The van der Waals surface area contributed by atoms with E-state index in [4.69, 9.17) is 4.74 Å². The molecular formula is C16H20NO4-. The van der Waals surface area contributed by atoms with E-state index in [2.05, 4.69) is 5.32 Å². The minimum Gasteiger partial charge on any atom is -0.550 e. The highest BCUT2D eigenvalue weighted by Gasteiger charge is 2.32. The molecule has 1 aromatic carbocycles. The summed E-state index contributed by atoms with van der Waals surface area (Å²) in [7, 11) is 0. The van der Waals surface area contributed by atoms with Crippen LogP contribution in [-0.4, -0.2) is 24.6 Å². The third-order valence-corrected chi connectivity index (χ3v) is 3.78. The van der Waals surface area contributed by atoms with E-state index >= 15 is 0 Å². The molecule has 0 bridgehead atoms. The number of ether oxygens (including phenoxy) is 1. The summed E-state index contributed by atoms with van der Waals surface area (Å²) in [6.45, 7) is 4.46. The van der Waals surface area contributed by atoms with Crippen LogP contribution in [0.4, 0.5) is 5.69 Å². The highest BCUT2D eigenvalue weighted by molar-refractivity contribution is 5.95. The van der Waals surface area contributed by atoms with Crippen LogP contribution >= 0.6 is 0 Å². The lowest BCUT2D eigenvalue weighted by Gasteiger charge is -2.23. The van der Waals surface area contributed by atoms with Crippen molar-refractivity contribution in [3.8, 4) is 0 Å². The molecule has 0 unspecified atom stereocenters. The number of hydrogen-bond donors (Lipinski definition) is 1. The maximum absolute atomic E-state index is 12.4. The summed E-state index contributed by atoms with van der Waals surface area (Å²) in [6.07, 6.45) is 0.902. The molecule has 0 aromatic heterocycles. The molecule has 0 aliphatic carbocycles. The normalized spacial score (nSPS) is 19.2. The van der Waals surface area contributed by atoms with Gasteiger partial charge in [0.25, 0.3) is 0 Å². The first-order valence-corrected chi connectivity index (χ1v) is 7.17. The number of aliphatic carboxylic acids is 1. The first-order chi connectivity index (χ1) is 9.97. The molecule has 0 saturated carbocycles. The highest BCUT2D eigenvalue weighted by atomic mass is 16.5. The fourth-order valence-electron chi connectivity index (χ4n) is 2.67. The molecule has 1 aliphatic heterocycles. The Bertz CT molecular complexity index is 535. The van der Waals surface area contributed by atoms with Crippen molar-refractivity contribution in [2.45, 2.75) is 39.2 Å². The van der Waals surface area contributed by atoms with Gasteiger partial charge < -0.3 is 20.0 Å². The van der Waals surface area contributed by atoms with Gasteiger partial charge in [-0.1, -0.05) is 17.7 Å². The van der Waals surface area contributed by atoms with Crippen LogP contribution < -0.4 is 10.4 Å². The standard InChI is InChI=1S/C16H21NO4/c1-10-5-6-13(11(2)8-10)17-16(20)12(9-15(18)19)14-4-3-7-21-14/h5-6,8,12,14H,3-4,7,9H2,1-2H3,(H,17,20)(H,18,19)/p-1/t12-,14+/m1/s1. The van der Waals surface area contributed by atoms with E-state index in [9.17, 15) is 14.7 Å². The zero-order valence-electron chi connectivity index (χ0n) is 12.3. The van der Waals surface area contributed by atoms with Crippen molar-refractivity contribution < 1.29 is 19.4 Å². The van der Waals surface area contributed by atoms with Crippen molar-refractivity contribution in [3.05, 3.63) is 29.3 Å². The largest absolute Gasteiger partial charge is 0.550 e. The van der Waals surface area contributed by atoms with E-state index < -0.39 is 11.9 Å². The summed E-state index contributed by atoms with van der Waals surface area (Å²) >= 11 is 0. The summed E-state index contributed by atoms with van der Waals surface area (Å²) in [6, 6.07) is 5.70. The average Bonchev–Trinajstić information content (AvgIpc) is 2.92. The molecule has 114 valence electrons. The first-order valence-electron chi connectivity index (χ1n) is 7.17. The lowest BCUT2D eigenvalue weighted by molar-refractivity contribution is -0.307. The maximum Gasteiger partial charge on any atom is 0.230 e. The highest BCUT2D eigenvalue weighted by Crippen LogP contribution is 2.25. The number of hydrogen-bond acceptors (Lipinski definition) is 4. The number of carboxylic acid groups (broad SMARTS) is 1. The van der Waals surface area contributed by atoms with Crippen LogP contribution in [0, 0.1) is 19.8 Å². The van der Waals surface area contributed by atoms with E-state index in [1.54, 1.807) is 0 Å². The number of nitrogens with one attached hydrogen (secondary N) is 1. The third-order valence-electron chi connectivity index (χ3n) is 3.78. The van der Waals surface area contributed by atoms with Gasteiger partial charge in [0.15, 0.2) is 0 Å². The average molecular weight is 290 g/mol. The smallest absolute Gasteiger partial charge is 0.230 e. The van der Waals surface area contributed by atoms with Crippen LogP contribution in [-0.2, 0) is 14.3 Å². The Morgan fingerprint density at radius 3 is 2.76 bits per heavy atom. The summed E-state index contributed by atoms with van der Waals surface area (Å²) in [5.41, 5.74) is 2.76. The van der Waals surface area contributed by atoms with Crippen molar-refractivity contribution in [1.82, 2.24) is 0 Å². The van der Waals surface area contributed by atoms with Gasteiger partial charge >= 0.3 is 0 Å². The Labute approximate surface area is 124 Å². The number of carbonyl (C=O) groups excluding carboxylic acids is 2. The molecule has 1 heterocycles. The number of rotatable bonds is 5. The Kier molecular flexibility index (Phi) is 4.96. The third kappa shape index (κ3) is 4.04. The number of amides is 1. The molecule has 0 radical (unpaired) electrons. The van der Waals surface area contributed by atoms with Gasteiger partial charge in [-0.25, -0.2) is 0 Å². The fourth-order valence-corrected chi connectivity index (χ4v) is 2.67. The number of carbonyl (C=O) groups is 2. The van der Waals surface area contributed by atoms with Crippen LogP contribution in [0.2, 0.25) is 0 Å². The second-order valence-electron chi connectivity index (χ2n) is 5.54. The maximum atomic E-state index is 12.4. The van der Waals surface area contributed by atoms with Gasteiger partial charge in [0.2, 0.25) is 5.91 Å². The van der Waals surface area contributed by atoms with E-state index in [-0.39, 0.29) is 18.4 Å². The molecule has 1 amide bonds. The molecule has 21 heavy (non-hydrogen) atoms. The number of aryl methyl sites for hydroxylation is 2. The second-order valence-corrected chi connectivity index (χ2v) is 5.54. The quantitative estimate of drug-likeness (QED) is 0.883. The molecule has 1 fully saturated rings. The van der Waals surface area contributed by atoms with Gasteiger partial charge in [0.05, 0.1) is 12.0 Å². The molecule has 1 aromatic rings. The van der Waals surface area contributed by atoms with Gasteiger partial charge in [-0.05, 0) is 38.3 Å². The van der Waals surface area contributed by atoms with Crippen molar-refractivity contribution >= 4 is 17.6 Å². The van der Waals surface area contributed by atoms with E-state index in [1.807, 2.05) is 32.0 Å². The zero-order chi connectivity index (χ0) is 15.4. The lowest BCUT2D eigenvalue weighted by atomic mass is 9.95. The van der Waals surface area contributed by atoms with Crippen molar-refractivity contribution in [3.63, 3.8) is 0 Å². The molecule has 1 aliphatic rings. The summed E-state index contributed by atoms with van der Waals surface area (Å²) in [4.78, 5) is 23.3. The van der Waals surface area contributed by atoms with E-state index in [1.165, 1.54) is 0 Å². The van der Waals surface area contributed by atoms with Crippen molar-refractivity contribution in [2.24, 2.45) is 5.92 Å². The van der Waals surface area contributed by atoms with Gasteiger partial charge in [-0.15, -0.1) is 0 Å². The van der Waals surface area contributed by atoms with Crippen LogP contribution in [0.3, 0.4) is 0 Å². The molecule has 0 spiro atoms. The number of benzene rings is 1. The summed E-state index contributed by atoms with van der Waals surface area (Å²) in [5.74, 6) is -2.26. The monoisotopic (exact) mass is 290 g/mol. The Hall–Kier alpha value is -1.88. The van der Waals surface area contributed by atoms with Crippen molar-refractivity contribution in [2.75, 3.05) is 11.9 Å². The topological polar surface area (TPSA) is 78.5 Å². The first kappa shape index (κ1) is 15.5. The SMILES string of the molecule is Cc1ccc(NC(=O)[C@H](CC(=O)[O-])[C@@H]2CCCO2)c(C)c1. The Morgan fingerprint density at radius 2 is 2.19 bits per heavy atom. The molecule has 1 N–H and O–H groups in total. The van der Waals surface area contributed by atoms with Gasteiger partial charge in [0, 0.05) is 24.7 Å². The predicted molar refractivity (Wildman–Crippen MR) is 76.6 cm³/mol. The van der Waals surface area contributed by atoms with Gasteiger partial charge in [-0.2, -0.15) is 0 Å². The molecule has 5 nitrogen and oxygen atoms in total. The molecule has 5 heteroatoms. The zero-order valence-corrected chi connectivity index (χ0v) is 12.3. The van der Waals surface area contributed by atoms with E-state index in [0.29, 0.717) is 18.7 Å². The van der Waals surface area contributed by atoms with Gasteiger partial charge in [0.1, 0.15) is 0 Å². The molecule has 1 saturated heterocycles. The number of anilines is 1. The van der Waals surface area contributed by atoms with Crippen molar-refractivity contribution in [1.29, 1.82) is 0 Å². The van der Waals surface area contributed by atoms with Crippen LogP contribution in [0.15, 0.2) is 18.2 Å². The fraction of sp³-hybridized carbons (Fsp3) is 0.500. The minimum atomic E-state index is -1.23. The molecule has 2 rings (SSSR count). The van der Waals surface area contributed by atoms with E-state index in [0.717, 1.165) is 17.5 Å². The van der Waals surface area contributed by atoms with Crippen LogP contribution in [0.1, 0.15) is 30.4 Å². The summed E-state index contributed by atoms with van der Waals surface area (Å²) < 4.78 is 5.47. The number of carboxylic acids is 1. The predicted octanol–water partition coefficient (Wildman–Crippen LogP) is 1.18. The second kappa shape index (κ2) is 6.72. The lowest BCUT2D eigenvalue weighted by Crippen LogP contribution is -2.38. The Balaban J connectivity index is 2.11. The molecular weight excluding hydrogens is 270 g/mol. The Morgan fingerprint density at radius 1 is 1.43 bits per heavy atom. The molecule has 2 atom stereocenters. The van der Waals surface area contributed by atoms with Crippen LogP contribution in [0.5, 0.6) is 0 Å². The van der Waals surface area contributed by atoms with Gasteiger partial charge in [-0.3, -0.25) is 4.79 Å². The van der Waals surface area contributed by atoms with Crippen LogP contribution in [0.25, 0.3) is 0 Å². The minimum absolute atomic E-state index is 0.318.